The van der Waals surface area contributed by atoms with Gasteiger partial charge in [-0.3, -0.25) is 9.59 Å². The van der Waals surface area contributed by atoms with Crippen LogP contribution in [0.2, 0.25) is 0 Å². The molecule has 3 aromatic carbocycles. The molecule has 0 bridgehead atoms. The summed E-state index contributed by atoms with van der Waals surface area (Å²) in [5.41, 5.74) is 6.04. The van der Waals surface area contributed by atoms with E-state index in [1.807, 2.05) is 68.4 Å². The Balaban J connectivity index is 1.40. The van der Waals surface area contributed by atoms with Crippen LogP contribution in [0.25, 0.3) is 22.4 Å². The van der Waals surface area contributed by atoms with Gasteiger partial charge in [0.25, 0.3) is 5.91 Å². The van der Waals surface area contributed by atoms with E-state index in [2.05, 4.69) is 20.6 Å². The van der Waals surface area contributed by atoms with Gasteiger partial charge in [0.05, 0.1) is 17.6 Å². The molecule has 6 heteroatoms. The Hall–Kier alpha value is -3.93. The summed E-state index contributed by atoms with van der Waals surface area (Å²) in [6.45, 7) is 3.83. The van der Waals surface area contributed by atoms with Crippen LogP contribution in [0.1, 0.15) is 21.5 Å². The lowest BCUT2D eigenvalue weighted by Gasteiger charge is -2.09. The predicted molar refractivity (Wildman–Crippen MR) is 118 cm³/mol. The second-order valence-electron chi connectivity index (χ2n) is 7.21. The molecule has 1 heterocycles. The average molecular weight is 398 g/mol. The average Bonchev–Trinajstić information content (AvgIpc) is 3.18. The summed E-state index contributed by atoms with van der Waals surface area (Å²) in [5, 5.41) is 5.48. The number of fused-ring (bicyclic) bond motifs is 1. The zero-order chi connectivity index (χ0) is 21.1. The van der Waals surface area contributed by atoms with Gasteiger partial charge in [0.2, 0.25) is 5.91 Å². The van der Waals surface area contributed by atoms with Crippen molar-refractivity contribution in [3.63, 3.8) is 0 Å². The Morgan fingerprint density at radius 1 is 0.933 bits per heavy atom. The summed E-state index contributed by atoms with van der Waals surface area (Å²) >= 11 is 0. The van der Waals surface area contributed by atoms with Crippen molar-refractivity contribution < 1.29 is 9.59 Å². The zero-order valence-electron chi connectivity index (χ0n) is 16.8. The Morgan fingerprint density at radius 3 is 2.57 bits per heavy atom. The minimum Gasteiger partial charge on any atom is -0.343 e. The molecule has 0 aliphatic heterocycles. The summed E-state index contributed by atoms with van der Waals surface area (Å²) in [6, 6.07) is 20.7. The minimum absolute atomic E-state index is 0.110. The first-order valence-corrected chi connectivity index (χ1v) is 9.70. The van der Waals surface area contributed by atoms with Crippen LogP contribution in [-0.4, -0.2) is 28.3 Å². The van der Waals surface area contributed by atoms with E-state index in [0.717, 1.165) is 33.5 Å². The molecule has 6 nitrogen and oxygen atoms in total. The number of hydrogen-bond donors (Lipinski definition) is 3. The van der Waals surface area contributed by atoms with Crippen LogP contribution in [0.15, 0.2) is 66.7 Å². The van der Waals surface area contributed by atoms with Gasteiger partial charge in [-0.05, 0) is 61.4 Å². The number of nitrogens with zero attached hydrogens (tertiary/aromatic N) is 1. The lowest BCUT2D eigenvalue weighted by atomic mass is 10.1. The van der Waals surface area contributed by atoms with Crippen molar-refractivity contribution in [2.75, 3.05) is 11.9 Å². The number of imidazole rings is 1. The molecule has 2 amide bonds. The molecule has 0 unspecified atom stereocenters. The molecular formula is C24H22N4O2. The number of aromatic amines is 1. The minimum atomic E-state index is -0.297. The second-order valence-corrected chi connectivity index (χ2v) is 7.21. The van der Waals surface area contributed by atoms with Crippen molar-refractivity contribution in [2.45, 2.75) is 13.8 Å². The molecule has 0 fully saturated rings. The first-order chi connectivity index (χ1) is 14.5. The van der Waals surface area contributed by atoms with Crippen LogP contribution in [0.5, 0.6) is 0 Å². The van der Waals surface area contributed by atoms with Crippen LogP contribution in [0, 0.1) is 13.8 Å². The Morgan fingerprint density at radius 2 is 1.77 bits per heavy atom. The Bertz CT molecular complexity index is 1210. The molecule has 0 radical (unpaired) electrons. The third-order valence-corrected chi connectivity index (χ3v) is 4.99. The van der Waals surface area contributed by atoms with Gasteiger partial charge in [-0.25, -0.2) is 4.98 Å². The number of H-pyrrole nitrogens is 1. The van der Waals surface area contributed by atoms with E-state index in [9.17, 15) is 9.59 Å². The van der Waals surface area contributed by atoms with Gasteiger partial charge >= 0.3 is 0 Å². The van der Waals surface area contributed by atoms with E-state index in [-0.39, 0.29) is 18.4 Å². The molecule has 0 atom stereocenters. The molecule has 0 aliphatic carbocycles. The van der Waals surface area contributed by atoms with E-state index in [1.165, 1.54) is 0 Å². The number of rotatable bonds is 5. The number of benzene rings is 3. The highest BCUT2D eigenvalue weighted by Gasteiger charge is 2.10. The van der Waals surface area contributed by atoms with Gasteiger partial charge in [-0.2, -0.15) is 0 Å². The normalized spacial score (nSPS) is 10.7. The molecule has 4 rings (SSSR count). The van der Waals surface area contributed by atoms with Gasteiger partial charge in [0, 0.05) is 16.8 Å². The van der Waals surface area contributed by atoms with Crippen molar-refractivity contribution in [1.29, 1.82) is 0 Å². The molecule has 0 aliphatic rings. The van der Waals surface area contributed by atoms with E-state index in [4.69, 9.17) is 0 Å². The van der Waals surface area contributed by atoms with Crippen molar-refractivity contribution in [1.82, 2.24) is 15.3 Å². The largest absolute Gasteiger partial charge is 0.343 e. The van der Waals surface area contributed by atoms with Crippen LogP contribution in [0.3, 0.4) is 0 Å². The van der Waals surface area contributed by atoms with Crippen molar-refractivity contribution >= 4 is 28.5 Å². The highest BCUT2D eigenvalue weighted by molar-refractivity contribution is 5.99. The number of amides is 2. The Kier molecular flexibility index (Phi) is 5.30. The van der Waals surface area contributed by atoms with Crippen LogP contribution in [-0.2, 0) is 4.79 Å². The number of anilines is 1. The lowest BCUT2D eigenvalue weighted by molar-refractivity contribution is -0.115. The van der Waals surface area contributed by atoms with Crippen LogP contribution >= 0.6 is 0 Å². The molecule has 150 valence electrons. The molecule has 0 saturated heterocycles. The standard InChI is InChI=1S/C24H22N4O2/c1-15-10-11-18(12-16(15)2)24(30)25-14-22(29)26-19-7-5-6-17(13-19)23-27-20-8-3-4-9-21(20)28-23/h3-13H,14H2,1-2H3,(H,25,30)(H,26,29)(H,27,28). The number of carbonyl (C=O) groups excluding carboxylic acids is 2. The predicted octanol–water partition coefficient (Wildman–Crippen LogP) is 4.22. The van der Waals surface area contributed by atoms with Gasteiger partial charge in [-0.1, -0.05) is 30.3 Å². The fraction of sp³-hybridized carbons (Fsp3) is 0.125. The maximum atomic E-state index is 12.3. The highest BCUT2D eigenvalue weighted by atomic mass is 16.2. The number of aromatic nitrogens is 2. The first kappa shape index (κ1) is 19.4. The number of nitrogens with one attached hydrogen (secondary N) is 3. The molecule has 0 saturated carbocycles. The quantitative estimate of drug-likeness (QED) is 0.470. The van der Waals surface area contributed by atoms with E-state index < -0.39 is 0 Å². The fourth-order valence-electron chi connectivity index (χ4n) is 3.18. The highest BCUT2D eigenvalue weighted by Crippen LogP contribution is 2.23. The summed E-state index contributed by atoms with van der Waals surface area (Å²) < 4.78 is 0. The summed E-state index contributed by atoms with van der Waals surface area (Å²) in [4.78, 5) is 32.5. The molecular weight excluding hydrogens is 376 g/mol. The van der Waals surface area contributed by atoms with Crippen molar-refractivity contribution in [2.24, 2.45) is 0 Å². The zero-order valence-corrected chi connectivity index (χ0v) is 16.8. The monoisotopic (exact) mass is 398 g/mol. The fourth-order valence-corrected chi connectivity index (χ4v) is 3.18. The van der Waals surface area contributed by atoms with E-state index in [0.29, 0.717) is 11.3 Å². The van der Waals surface area contributed by atoms with Gasteiger partial charge in [-0.15, -0.1) is 0 Å². The van der Waals surface area contributed by atoms with Gasteiger partial charge < -0.3 is 15.6 Å². The lowest BCUT2D eigenvalue weighted by Crippen LogP contribution is -2.32. The number of hydrogen-bond acceptors (Lipinski definition) is 3. The number of carbonyl (C=O) groups is 2. The van der Waals surface area contributed by atoms with Crippen LogP contribution < -0.4 is 10.6 Å². The molecule has 3 N–H and O–H groups in total. The third kappa shape index (κ3) is 4.22. The van der Waals surface area contributed by atoms with E-state index >= 15 is 0 Å². The second kappa shape index (κ2) is 8.21. The SMILES string of the molecule is Cc1ccc(C(=O)NCC(=O)Nc2cccc(-c3nc4ccccc4[nH]3)c2)cc1C. The number of aryl methyl sites for hydroxylation is 2. The number of para-hydroxylation sites is 2. The molecule has 30 heavy (non-hydrogen) atoms. The smallest absolute Gasteiger partial charge is 0.251 e. The van der Waals surface area contributed by atoms with Crippen LogP contribution in [0.4, 0.5) is 5.69 Å². The summed E-state index contributed by atoms with van der Waals surface area (Å²) in [6.07, 6.45) is 0. The maximum absolute atomic E-state index is 12.3. The summed E-state index contributed by atoms with van der Waals surface area (Å²) in [5.74, 6) is 0.161. The van der Waals surface area contributed by atoms with E-state index in [1.54, 1.807) is 12.1 Å². The molecule has 0 spiro atoms. The third-order valence-electron chi connectivity index (χ3n) is 4.99. The van der Waals surface area contributed by atoms with Crippen molar-refractivity contribution in [3.8, 4) is 11.4 Å². The van der Waals surface area contributed by atoms with Gasteiger partial charge in [0.15, 0.2) is 0 Å². The molecule has 4 aromatic rings. The topological polar surface area (TPSA) is 86.9 Å². The first-order valence-electron chi connectivity index (χ1n) is 9.70. The summed E-state index contributed by atoms with van der Waals surface area (Å²) in [7, 11) is 0. The van der Waals surface area contributed by atoms with Crippen molar-refractivity contribution in [3.05, 3.63) is 83.4 Å². The maximum Gasteiger partial charge on any atom is 0.251 e. The van der Waals surface area contributed by atoms with Gasteiger partial charge in [0.1, 0.15) is 5.82 Å². The Labute approximate surface area is 174 Å². The molecule has 1 aromatic heterocycles.